The highest BCUT2D eigenvalue weighted by Crippen LogP contribution is 2.35. The zero-order valence-electron chi connectivity index (χ0n) is 14.7. The number of hydrogen-bond donors (Lipinski definition) is 0. The van der Waals surface area contributed by atoms with E-state index in [0.29, 0.717) is 22.6 Å². The van der Waals surface area contributed by atoms with Crippen molar-refractivity contribution in [2.75, 3.05) is 20.5 Å². The first-order valence-corrected chi connectivity index (χ1v) is 9.67. The van der Waals surface area contributed by atoms with E-state index in [1.807, 2.05) is 18.2 Å². The van der Waals surface area contributed by atoms with Gasteiger partial charge in [-0.2, -0.15) is 5.26 Å². The van der Waals surface area contributed by atoms with Gasteiger partial charge in [0.25, 0.3) is 0 Å². The summed E-state index contributed by atoms with van der Waals surface area (Å²) in [5, 5.41) is 9.75. The third-order valence-electron chi connectivity index (χ3n) is 4.05. The molecule has 1 atom stereocenters. The van der Waals surface area contributed by atoms with Crippen molar-refractivity contribution in [3.05, 3.63) is 64.0 Å². The molecular weight excluding hydrogens is 350 g/mol. The lowest BCUT2D eigenvalue weighted by Crippen LogP contribution is -2.09. The average molecular weight is 368 g/mol. The Morgan fingerprint density at radius 2 is 1.73 bits per heavy atom. The van der Waals surface area contributed by atoms with Crippen LogP contribution in [0.25, 0.3) is 11.0 Å². The quantitative estimate of drug-likeness (QED) is 0.509. The van der Waals surface area contributed by atoms with Gasteiger partial charge in [0.15, 0.2) is 16.4 Å². The minimum absolute atomic E-state index is 0.236. The Balaban J connectivity index is 2.04. The molecule has 3 rings (SSSR count). The first kappa shape index (κ1) is 17.9. The number of methoxy groups -OCH3 is 2. The van der Waals surface area contributed by atoms with Gasteiger partial charge in [-0.3, -0.25) is 0 Å². The second-order valence-corrected chi connectivity index (χ2v) is 7.73. The predicted molar refractivity (Wildman–Crippen MR) is 102 cm³/mol. The molecular formula is C20H18NO4S+. The topological polar surface area (TPSA) is 72.5 Å². The second kappa shape index (κ2) is 7.54. The third kappa shape index (κ3) is 3.53. The molecule has 1 heterocycles. The van der Waals surface area contributed by atoms with Gasteiger partial charge in [-0.1, -0.05) is 12.1 Å². The van der Waals surface area contributed by atoms with E-state index in [1.54, 1.807) is 38.5 Å². The zero-order valence-corrected chi connectivity index (χ0v) is 15.6. The standard InChI is InChI=1S/C20H18NO4S/c1-23-17-8-15-16(9-18(17)24-2)25-20(22)10-19(15)26(3)12-14-6-4-13(11-21)5-7-14/h4-10H,12H2,1-3H3/q+1. The molecule has 2 aromatic carbocycles. The molecule has 0 radical (unpaired) electrons. The van der Waals surface area contributed by atoms with E-state index < -0.39 is 0 Å². The van der Waals surface area contributed by atoms with E-state index in [1.165, 1.54) is 0 Å². The molecule has 0 aliphatic carbocycles. The fourth-order valence-corrected chi connectivity index (χ4v) is 4.43. The maximum absolute atomic E-state index is 12.0. The first-order valence-electron chi connectivity index (χ1n) is 7.87. The Bertz CT molecular complexity index is 1030. The van der Waals surface area contributed by atoms with Crippen LogP contribution in [-0.4, -0.2) is 20.5 Å². The molecule has 5 nitrogen and oxygen atoms in total. The molecule has 6 heteroatoms. The molecule has 0 N–H and O–H groups in total. The monoisotopic (exact) mass is 368 g/mol. The molecule has 0 bridgehead atoms. The van der Waals surface area contributed by atoms with Crippen molar-refractivity contribution < 1.29 is 13.9 Å². The summed E-state index contributed by atoms with van der Waals surface area (Å²) >= 11 is 0. The number of ether oxygens (including phenoxy) is 2. The summed E-state index contributed by atoms with van der Waals surface area (Å²) in [7, 11) is 2.88. The van der Waals surface area contributed by atoms with E-state index in [4.69, 9.17) is 19.2 Å². The Hall–Kier alpha value is -2.91. The lowest BCUT2D eigenvalue weighted by atomic mass is 10.2. The van der Waals surface area contributed by atoms with Crippen LogP contribution < -0.4 is 15.1 Å². The Morgan fingerprint density at radius 3 is 2.35 bits per heavy atom. The van der Waals surface area contributed by atoms with E-state index in [0.717, 1.165) is 21.6 Å². The molecule has 132 valence electrons. The molecule has 0 spiro atoms. The fraction of sp³-hybridized carbons (Fsp3) is 0.200. The van der Waals surface area contributed by atoms with Gasteiger partial charge in [0.05, 0.1) is 37.3 Å². The van der Waals surface area contributed by atoms with Crippen molar-refractivity contribution in [3.63, 3.8) is 0 Å². The lowest BCUT2D eigenvalue weighted by molar-refractivity contribution is 0.355. The number of hydrogen-bond acceptors (Lipinski definition) is 5. The van der Waals surface area contributed by atoms with Crippen LogP contribution in [0.4, 0.5) is 0 Å². The van der Waals surface area contributed by atoms with Crippen molar-refractivity contribution in [1.29, 1.82) is 5.26 Å². The van der Waals surface area contributed by atoms with Crippen LogP contribution in [0.15, 0.2) is 56.6 Å². The van der Waals surface area contributed by atoms with E-state index in [2.05, 4.69) is 12.3 Å². The molecule has 0 saturated carbocycles. The first-order chi connectivity index (χ1) is 12.5. The highest BCUT2D eigenvalue weighted by molar-refractivity contribution is 7.95. The molecule has 1 unspecified atom stereocenters. The molecule has 1 aromatic heterocycles. The lowest BCUT2D eigenvalue weighted by Gasteiger charge is -2.10. The molecule has 0 fully saturated rings. The van der Waals surface area contributed by atoms with Crippen LogP contribution in [0, 0.1) is 11.3 Å². The summed E-state index contributed by atoms with van der Waals surface area (Å²) in [5.74, 6) is 1.87. The van der Waals surface area contributed by atoms with Crippen molar-refractivity contribution in [3.8, 4) is 17.6 Å². The van der Waals surface area contributed by atoms with Gasteiger partial charge >= 0.3 is 5.63 Å². The van der Waals surface area contributed by atoms with Crippen molar-refractivity contribution in [1.82, 2.24) is 0 Å². The van der Waals surface area contributed by atoms with Crippen LogP contribution in [0.2, 0.25) is 0 Å². The second-order valence-electron chi connectivity index (χ2n) is 5.72. The normalized spacial score (nSPS) is 11.8. The summed E-state index contributed by atoms with van der Waals surface area (Å²) in [6.07, 6.45) is 2.09. The molecule has 3 aromatic rings. The summed E-state index contributed by atoms with van der Waals surface area (Å²) in [6.45, 7) is 0. The number of fused-ring (bicyclic) bond motifs is 1. The average Bonchev–Trinajstić information content (AvgIpc) is 2.66. The smallest absolute Gasteiger partial charge is 0.341 e. The fourth-order valence-electron chi connectivity index (χ4n) is 2.75. The van der Waals surface area contributed by atoms with E-state index in [9.17, 15) is 4.79 Å². The highest BCUT2D eigenvalue weighted by Gasteiger charge is 2.23. The Morgan fingerprint density at radius 1 is 1.08 bits per heavy atom. The van der Waals surface area contributed by atoms with Crippen LogP contribution in [0.3, 0.4) is 0 Å². The van der Waals surface area contributed by atoms with E-state index in [-0.39, 0.29) is 16.5 Å². The SMILES string of the molecule is COc1cc2oc(=O)cc([S+](C)Cc3ccc(C#N)cc3)c2cc1OC. The van der Waals surface area contributed by atoms with Gasteiger partial charge in [-0.05, 0) is 12.1 Å². The molecule has 0 aliphatic heterocycles. The van der Waals surface area contributed by atoms with Gasteiger partial charge in [0.2, 0.25) is 0 Å². The number of nitrogens with zero attached hydrogens (tertiary/aromatic N) is 1. The minimum Gasteiger partial charge on any atom is -0.493 e. The van der Waals surface area contributed by atoms with Crippen LogP contribution >= 0.6 is 0 Å². The molecule has 0 amide bonds. The van der Waals surface area contributed by atoms with Crippen molar-refractivity contribution in [2.45, 2.75) is 10.6 Å². The van der Waals surface area contributed by atoms with Gasteiger partial charge in [0, 0.05) is 28.6 Å². The summed E-state index contributed by atoms with van der Waals surface area (Å²) in [4.78, 5) is 12.9. The highest BCUT2D eigenvalue weighted by atomic mass is 32.2. The zero-order chi connectivity index (χ0) is 18.7. The van der Waals surface area contributed by atoms with Crippen molar-refractivity contribution in [2.24, 2.45) is 0 Å². The Kier molecular flexibility index (Phi) is 5.19. The molecule has 26 heavy (non-hydrogen) atoms. The molecule has 0 saturated heterocycles. The van der Waals surface area contributed by atoms with Gasteiger partial charge in [-0.15, -0.1) is 0 Å². The van der Waals surface area contributed by atoms with Crippen LogP contribution in [0.5, 0.6) is 11.5 Å². The van der Waals surface area contributed by atoms with Crippen LogP contribution in [0.1, 0.15) is 11.1 Å². The number of nitriles is 1. The number of rotatable bonds is 5. The minimum atomic E-state index is -0.390. The largest absolute Gasteiger partial charge is 0.493 e. The van der Waals surface area contributed by atoms with Gasteiger partial charge < -0.3 is 13.9 Å². The third-order valence-corrected chi connectivity index (χ3v) is 5.91. The van der Waals surface area contributed by atoms with Gasteiger partial charge in [-0.25, -0.2) is 4.79 Å². The summed E-state index contributed by atoms with van der Waals surface area (Å²) in [5.41, 5.74) is 1.83. The maximum atomic E-state index is 12.0. The molecule has 0 aliphatic rings. The predicted octanol–water partition coefficient (Wildman–Crippen LogP) is 3.49. The van der Waals surface area contributed by atoms with Crippen LogP contribution in [-0.2, 0) is 16.6 Å². The van der Waals surface area contributed by atoms with Crippen molar-refractivity contribution >= 4 is 21.9 Å². The number of benzene rings is 2. The summed E-state index contributed by atoms with van der Waals surface area (Å²) in [6, 6.07) is 14.7. The van der Waals surface area contributed by atoms with Gasteiger partial charge in [0.1, 0.15) is 17.6 Å². The van der Waals surface area contributed by atoms with E-state index >= 15 is 0 Å². The summed E-state index contributed by atoms with van der Waals surface area (Å²) < 4.78 is 16.0. The Labute approximate surface area is 154 Å². The maximum Gasteiger partial charge on any atom is 0.341 e.